The monoisotopic (exact) mass is 278 g/mol. The van der Waals surface area contributed by atoms with Gasteiger partial charge in [0.1, 0.15) is 5.69 Å². The van der Waals surface area contributed by atoms with Crippen LogP contribution in [0.4, 0.5) is 0 Å². The Balaban J connectivity index is 2.13. The third kappa shape index (κ3) is 2.50. The molecule has 3 aromatic rings. The van der Waals surface area contributed by atoms with Crippen molar-refractivity contribution in [1.29, 1.82) is 0 Å². The Morgan fingerprint density at radius 3 is 2.67 bits per heavy atom. The molecule has 4 nitrogen and oxygen atoms in total. The molecule has 0 bridgehead atoms. The van der Waals surface area contributed by atoms with Crippen molar-refractivity contribution in [2.45, 2.75) is 19.9 Å². The molecule has 1 atom stereocenters. The minimum absolute atomic E-state index is 0.236. The predicted octanol–water partition coefficient (Wildman–Crippen LogP) is 3.28. The minimum Gasteiger partial charge on any atom is -0.313 e. The smallest absolute Gasteiger partial charge is 0.179 e. The molecule has 1 N–H and O–H groups in total. The van der Waals surface area contributed by atoms with Crippen LogP contribution in [0.2, 0.25) is 0 Å². The zero-order valence-corrected chi connectivity index (χ0v) is 12.5. The van der Waals surface area contributed by atoms with E-state index < -0.39 is 0 Å². The number of aryl methyl sites for hydroxylation is 1. The van der Waals surface area contributed by atoms with Gasteiger partial charge in [0.2, 0.25) is 0 Å². The third-order valence-corrected chi connectivity index (χ3v) is 3.80. The topological polar surface area (TPSA) is 50.7 Å². The van der Waals surface area contributed by atoms with Crippen molar-refractivity contribution < 1.29 is 0 Å². The maximum absolute atomic E-state index is 4.65. The van der Waals surface area contributed by atoms with Crippen molar-refractivity contribution in [3.63, 3.8) is 0 Å². The number of nitrogens with zero attached hydrogens (tertiary/aromatic N) is 3. The highest BCUT2D eigenvalue weighted by atomic mass is 14.9. The van der Waals surface area contributed by atoms with Gasteiger partial charge in [0.25, 0.3) is 0 Å². The lowest BCUT2D eigenvalue weighted by atomic mass is 10.1. The van der Waals surface area contributed by atoms with E-state index in [9.17, 15) is 0 Å². The van der Waals surface area contributed by atoms with E-state index in [0.29, 0.717) is 5.82 Å². The van der Waals surface area contributed by atoms with Crippen LogP contribution >= 0.6 is 0 Å². The van der Waals surface area contributed by atoms with Crippen LogP contribution in [0.3, 0.4) is 0 Å². The lowest BCUT2D eigenvalue weighted by molar-refractivity contribution is 0.641. The van der Waals surface area contributed by atoms with Gasteiger partial charge < -0.3 is 5.32 Å². The van der Waals surface area contributed by atoms with Crippen molar-refractivity contribution in [3.05, 3.63) is 54.0 Å². The average molecular weight is 278 g/mol. The van der Waals surface area contributed by atoms with E-state index in [4.69, 9.17) is 0 Å². The average Bonchev–Trinajstić information content (AvgIpc) is 2.53. The van der Waals surface area contributed by atoms with Crippen molar-refractivity contribution in [1.82, 2.24) is 20.3 Å². The maximum atomic E-state index is 4.65. The van der Waals surface area contributed by atoms with Crippen molar-refractivity contribution in [3.8, 4) is 11.5 Å². The Bertz CT molecular complexity index is 777. The second-order valence-corrected chi connectivity index (χ2v) is 5.13. The molecule has 0 fully saturated rings. The fourth-order valence-corrected chi connectivity index (χ4v) is 2.47. The summed E-state index contributed by atoms with van der Waals surface area (Å²) in [4.78, 5) is 13.6. The first-order chi connectivity index (χ1) is 10.2. The van der Waals surface area contributed by atoms with Gasteiger partial charge in [0.15, 0.2) is 5.82 Å². The van der Waals surface area contributed by atoms with Crippen LogP contribution in [-0.2, 0) is 0 Å². The fourth-order valence-electron chi connectivity index (χ4n) is 2.47. The molecule has 1 unspecified atom stereocenters. The van der Waals surface area contributed by atoms with E-state index in [0.717, 1.165) is 27.7 Å². The van der Waals surface area contributed by atoms with Crippen molar-refractivity contribution in [2.75, 3.05) is 7.05 Å². The zero-order valence-electron chi connectivity index (χ0n) is 12.5. The highest BCUT2D eigenvalue weighted by Crippen LogP contribution is 2.25. The lowest BCUT2D eigenvalue weighted by Crippen LogP contribution is -2.15. The predicted molar refractivity (Wildman–Crippen MR) is 85.0 cm³/mol. The summed E-state index contributed by atoms with van der Waals surface area (Å²) in [7, 11) is 1.93. The van der Waals surface area contributed by atoms with E-state index in [1.54, 1.807) is 6.20 Å². The first kappa shape index (κ1) is 13.6. The number of aromatic nitrogens is 3. The van der Waals surface area contributed by atoms with Gasteiger partial charge >= 0.3 is 0 Å². The number of hydrogen-bond donors (Lipinski definition) is 1. The molecular weight excluding hydrogens is 260 g/mol. The summed E-state index contributed by atoms with van der Waals surface area (Å²) in [5.74, 6) is 0.677. The van der Waals surface area contributed by atoms with Crippen LogP contribution in [0.25, 0.3) is 22.3 Å². The molecule has 0 amide bonds. The number of benzene rings is 1. The quantitative estimate of drug-likeness (QED) is 0.798. The summed E-state index contributed by atoms with van der Waals surface area (Å²) in [6, 6.07) is 10.4. The van der Waals surface area contributed by atoms with Gasteiger partial charge in [-0.3, -0.25) is 4.98 Å². The van der Waals surface area contributed by atoms with Gasteiger partial charge in [0.05, 0.1) is 0 Å². The standard InChI is InChI=1S/C17H18N4/c1-11(18-3)15-10-20-17(21-12(15)2)16-14-7-5-4-6-13(14)8-9-19-16/h4-11,18H,1-3H3. The summed E-state index contributed by atoms with van der Waals surface area (Å²) in [6.45, 7) is 4.11. The van der Waals surface area contributed by atoms with Gasteiger partial charge in [-0.25, -0.2) is 9.97 Å². The van der Waals surface area contributed by atoms with Crippen LogP contribution in [0.1, 0.15) is 24.2 Å². The molecule has 4 heteroatoms. The Labute approximate surface area is 124 Å². The summed E-state index contributed by atoms with van der Waals surface area (Å²) in [5.41, 5.74) is 2.93. The Kier molecular flexibility index (Phi) is 3.62. The van der Waals surface area contributed by atoms with Crippen LogP contribution in [0.5, 0.6) is 0 Å². The summed E-state index contributed by atoms with van der Waals surface area (Å²) >= 11 is 0. The molecule has 0 radical (unpaired) electrons. The molecule has 0 aliphatic rings. The van der Waals surface area contributed by atoms with E-state index in [-0.39, 0.29) is 6.04 Å². The molecule has 106 valence electrons. The first-order valence-corrected chi connectivity index (χ1v) is 7.05. The van der Waals surface area contributed by atoms with Gasteiger partial charge in [-0.15, -0.1) is 0 Å². The van der Waals surface area contributed by atoms with Crippen molar-refractivity contribution >= 4 is 10.8 Å². The Morgan fingerprint density at radius 2 is 1.90 bits per heavy atom. The van der Waals surface area contributed by atoms with E-state index in [1.807, 2.05) is 38.4 Å². The molecule has 0 saturated heterocycles. The zero-order chi connectivity index (χ0) is 14.8. The molecule has 0 aliphatic carbocycles. The van der Waals surface area contributed by atoms with Crippen molar-refractivity contribution in [2.24, 2.45) is 0 Å². The van der Waals surface area contributed by atoms with E-state index >= 15 is 0 Å². The fraction of sp³-hybridized carbons (Fsp3) is 0.235. The first-order valence-electron chi connectivity index (χ1n) is 7.05. The highest BCUT2D eigenvalue weighted by molar-refractivity contribution is 5.92. The number of fused-ring (bicyclic) bond motifs is 1. The second-order valence-electron chi connectivity index (χ2n) is 5.13. The number of pyridine rings is 1. The maximum Gasteiger partial charge on any atom is 0.179 e. The normalized spacial score (nSPS) is 12.5. The Hall–Kier alpha value is -2.33. The molecule has 0 aliphatic heterocycles. The molecular formula is C17H18N4. The molecule has 2 aromatic heterocycles. The van der Waals surface area contributed by atoms with Crippen LogP contribution in [0.15, 0.2) is 42.7 Å². The van der Waals surface area contributed by atoms with Crippen LogP contribution in [-0.4, -0.2) is 22.0 Å². The molecule has 3 rings (SSSR count). The van der Waals surface area contributed by atoms with E-state index in [1.165, 1.54) is 0 Å². The second kappa shape index (κ2) is 5.58. The molecule has 0 spiro atoms. The van der Waals surface area contributed by atoms with Crippen LogP contribution < -0.4 is 5.32 Å². The molecule has 2 heterocycles. The third-order valence-electron chi connectivity index (χ3n) is 3.80. The summed E-state index contributed by atoms with van der Waals surface area (Å²) in [5, 5.41) is 5.44. The number of hydrogen-bond acceptors (Lipinski definition) is 4. The van der Waals surface area contributed by atoms with E-state index in [2.05, 4.69) is 39.3 Å². The summed E-state index contributed by atoms with van der Waals surface area (Å²) < 4.78 is 0. The molecule has 0 saturated carbocycles. The lowest BCUT2D eigenvalue weighted by Gasteiger charge is -2.13. The SMILES string of the molecule is CNC(C)c1cnc(-c2nccc3ccccc23)nc1C. The van der Waals surface area contributed by atoms with Gasteiger partial charge in [0, 0.05) is 35.1 Å². The highest BCUT2D eigenvalue weighted by Gasteiger charge is 2.12. The van der Waals surface area contributed by atoms with Gasteiger partial charge in [-0.2, -0.15) is 0 Å². The Morgan fingerprint density at radius 1 is 1.10 bits per heavy atom. The summed E-state index contributed by atoms with van der Waals surface area (Å²) in [6.07, 6.45) is 3.70. The van der Waals surface area contributed by atoms with Gasteiger partial charge in [-0.1, -0.05) is 24.3 Å². The van der Waals surface area contributed by atoms with Gasteiger partial charge in [-0.05, 0) is 32.3 Å². The number of nitrogens with one attached hydrogen (secondary N) is 1. The van der Waals surface area contributed by atoms with Crippen LogP contribution in [0, 0.1) is 6.92 Å². The largest absolute Gasteiger partial charge is 0.313 e. The molecule has 1 aromatic carbocycles. The minimum atomic E-state index is 0.236. The molecule has 21 heavy (non-hydrogen) atoms. The number of rotatable bonds is 3.